The Labute approximate surface area is 93.8 Å². The van der Waals surface area contributed by atoms with E-state index >= 15 is 0 Å². The molecule has 1 heterocycles. The molecule has 1 rings (SSSR count). The molecule has 1 aromatic heterocycles. The molecule has 0 bridgehead atoms. The average Bonchev–Trinajstić information content (AvgIpc) is 2.65. The number of aliphatic hydroxyl groups excluding tert-OH is 2. The van der Waals surface area contributed by atoms with Gasteiger partial charge in [0.05, 0.1) is 6.10 Å². The number of nitrogens with one attached hydrogen (secondary N) is 1. The van der Waals surface area contributed by atoms with Crippen molar-refractivity contribution in [1.29, 1.82) is 0 Å². The maximum atomic E-state index is 12.2. The minimum Gasteiger partial charge on any atom is -0.389 e. The van der Waals surface area contributed by atoms with E-state index in [4.69, 9.17) is 0 Å². The van der Waals surface area contributed by atoms with Crippen LogP contribution < -0.4 is 5.32 Å². The minimum atomic E-state index is -4.53. The van der Waals surface area contributed by atoms with Gasteiger partial charge in [-0.05, 0) is 7.05 Å². The average molecular weight is 256 g/mol. The van der Waals surface area contributed by atoms with E-state index in [1.807, 2.05) is 0 Å². The van der Waals surface area contributed by atoms with Crippen LogP contribution in [0.15, 0.2) is 5.38 Å². The third-order valence-corrected chi connectivity index (χ3v) is 2.76. The highest BCUT2D eigenvalue weighted by molar-refractivity contribution is 7.09. The Morgan fingerprint density at radius 3 is 2.56 bits per heavy atom. The van der Waals surface area contributed by atoms with Crippen LogP contribution in [0.4, 0.5) is 13.2 Å². The lowest BCUT2D eigenvalue weighted by Gasteiger charge is -2.14. The van der Waals surface area contributed by atoms with E-state index in [-0.39, 0.29) is 11.6 Å². The van der Waals surface area contributed by atoms with Crippen LogP contribution in [0.25, 0.3) is 0 Å². The first-order valence-corrected chi connectivity index (χ1v) is 5.27. The van der Waals surface area contributed by atoms with Crippen molar-refractivity contribution in [2.75, 3.05) is 13.6 Å². The number of aromatic nitrogens is 1. The second kappa shape index (κ2) is 5.09. The summed E-state index contributed by atoms with van der Waals surface area (Å²) < 4.78 is 36.6. The van der Waals surface area contributed by atoms with Gasteiger partial charge in [0.15, 0.2) is 5.69 Å². The van der Waals surface area contributed by atoms with E-state index in [0.717, 1.165) is 5.38 Å². The Hall–Kier alpha value is -0.700. The number of nitrogens with zero attached hydrogens (tertiary/aromatic N) is 1. The lowest BCUT2D eigenvalue weighted by molar-refractivity contribution is -0.141. The van der Waals surface area contributed by atoms with Crippen LogP contribution in [-0.4, -0.2) is 34.9 Å². The molecule has 0 radical (unpaired) electrons. The number of halogens is 3. The smallest absolute Gasteiger partial charge is 0.389 e. The molecule has 0 saturated carbocycles. The van der Waals surface area contributed by atoms with Gasteiger partial charge in [0.2, 0.25) is 0 Å². The standard InChI is InChI=1S/C8H11F3N2O2S/c1-12-2-4(14)6(15)7-13-5(3-16-7)8(9,10)11/h3-4,6,12,14-15H,2H2,1H3. The molecule has 2 atom stereocenters. The molecule has 3 N–H and O–H groups in total. The third kappa shape index (κ3) is 3.14. The number of alkyl halides is 3. The summed E-state index contributed by atoms with van der Waals surface area (Å²) in [6.07, 6.45) is -7.12. The fourth-order valence-corrected chi connectivity index (χ4v) is 1.91. The zero-order valence-corrected chi connectivity index (χ0v) is 9.14. The van der Waals surface area contributed by atoms with Crippen LogP contribution in [0.5, 0.6) is 0 Å². The Morgan fingerprint density at radius 2 is 2.12 bits per heavy atom. The Kier molecular flexibility index (Phi) is 4.25. The SMILES string of the molecule is CNCC(O)C(O)c1nc(C(F)(F)F)cs1. The van der Waals surface area contributed by atoms with E-state index < -0.39 is 24.1 Å². The number of hydrogen-bond donors (Lipinski definition) is 3. The van der Waals surface area contributed by atoms with E-state index in [0.29, 0.717) is 11.3 Å². The van der Waals surface area contributed by atoms with Crippen molar-refractivity contribution >= 4 is 11.3 Å². The predicted molar refractivity (Wildman–Crippen MR) is 52.0 cm³/mol. The van der Waals surface area contributed by atoms with Crippen molar-refractivity contribution in [2.24, 2.45) is 0 Å². The highest BCUT2D eigenvalue weighted by Crippen LogP contribution is 2.32. The van der Waals surface area contributed by atoms with Gasteiger partial charge in [-0.25, -0.2) is 4.98 Å². The number of thiazole rings is 1. The van der Waals surface area contributed by atoms with E-state index in [2.05, 4.69) is 10.3 Å². The molecule has 2 unspecified atom stereocenters. The van der Waals surface area contributed by atoms with Crippen LogP contribution in [-0.2, 0) is 6.18 Å². The van der Waals surface area contributed by atoms with Gasteiger partial charge in [-0.3, -0.25) is 0 Å². The molecule has 0 aliphatic rings. The van der Waals surface area contributed by atoms with E-state index in [1.165, 1.54) is 0 Å². The van der Waals surface area contributed by atoms with Gasteiger partial charge < -0.3 is 15.5 Å². The van der Waals surface area contributed by atoms with Gasteiger partial charge in [0, 0.05) is 11.9 Å². The van der Waals surface area contributed by atoms with Crippen molar-refractivity contribution in [1.82, 2.24) is 10.3 Å². The third-order valence-electron chi connectivity index (χ3n) is 1.84. The summed E-state index contributed by atoms with van der Waals surface area (Å²) in [5, 5.41) is 22.1. The molecule has 4 nitrogen and oxygen atoms in total. The van der Waals surface area contributed by atoms with Crippen molar-refractivity contribution in [3.05, 3.63) is 16.1 Å². The van der Waals surface area contributed by atoms with Gasteiger partial charge in [0.25, 0.3) is 0 Å². The fraction of sp³-hybridized carbons (Fsp3) is 0.625. The summed E-state index contributed by atoms with van der Waals surface area (Å²) in [5.41, 5.74) is -1.05. The number of likely N-dealkylation sites (N-methyl/N-ethyl adjacent to an activating group) is 1. The van der Waals surface area contributed by atoms with Gasteiger partial charge >= 0.3 is 6.18 Å². The lowest BCUT2D eigenvalue weighted by Crippen LogP contribution is -2.29. The summed E-state index contributed by atoms with van der Waals surface area (Å²) in [6.45, 7) is 0.0715. The van der Waals surface area contributed by atoms with Crippen LogP contribution in [0.1, 0.15) is 16.8 Å². The minimum absolute atomic E-state index is 0.0715. The van der Waals surface area contributed by atoms with Crippen LogP contribution >= 0.6 is 11.3 Å². The van der Waals surface area contributed by atoms with Crippen molar-refractivity contribution in [2.45, 2.75) is 18.4 Å². The van der Waals surface area contributed by atoms with Gasteiger partial charge in [-0.15, -0.1) is 11.3 Å². The molecule has 1 aromatic rings. The number of aliphatic hydroxyl groups is 2. The second-order valence-electron chi connectivity index (χ2n) is 3.14. The van der Waals surface area contributed by atoms with Gasteiger partial charge in [-0.2, -0.15) is 13.2 Å². The number of rotatable bonds is 4. The van der Waals surface area contributed by atoms with Gasteiger partial charge in [-0.1, -0.05) is 0 Å². The number of hydrogen-bond acceptors (Lipinski definition) is 5. The normalized spacial score (nSPS) is 16.1. The topological polar surface area (TPSA) is 65.4 Å². The quantitative estimate of drug-likeness (QED) is 0.744. The summed E-state index contributed by atoms with van der Waals surface area (Å²) in [6, 6.07) is 0. The largest absolute Gasteiger partial charge is 0.434 e. The lowest BCUT2D eigenvalue weighted by atomic mass is 10.2. The molecule has 0 spiro atoms. The molecule has 0 amide bonds. The maximum Gasteiger partial charge on any atom is 0.434 e. The van der Waals surface area contributed by atoms with E-state index in [1.54, 1.807) is 7.05 Å². The molecule has 16 heavy (non-hydrogen) atoms. The maximum absolute atomic E-state index is 12.2. The van der Waals surface area contributed by atoms with E-state index in [9.17, 15) is 23.4 Å². The summed E-state index contributed by atoms with van der Waals surface area (Å²) in [4.78, 5) is 3.24. The first-order valence-electron chi connectivity index (χ1n) is 4.39. The zero-order valence-electron chi connectivity index (χ0n) is 8.32. The molecule has 0 saturated heterocycles. The molecular weight excluding hydrogens is 245 g/mol. The van der Waals surface area contributed by atoms with Crippen LogP contribution in [0.3, 0.4) is 0 Å². The molecule has 0 fully saturated rings. The predicted octanol–water partition coefficient (Wildman–Crippen LogP) is 0.776. The van der Waals surface area contributed by atoms with Crippen LogP contribution in [0, 0.1) is 0 Å². The molecule has 0 aromatic carbocycles. The molecule has 0 aliphatic heterocycles. The van der Waals surface area contributed by atoms with Crippen molar-refractivity contribution in [3.63, 3.8) is 0 Å². The summed E-state index contributed by atoms with van der Waals surface area (Å²) in [5.74, 6) is 0. The summed E-state index contributed by atoms with van der Waals surface area (Å²) in [7, 11) is 1.55. The first kappa shape index (κ1) is 13.4. The molecular formula is C8H11F3N2O2S. The van der Waals surface area contributed by atoms with Crippen LogP contribution in [0.2, 0.25) is 0 Å². The fourth-order valence-electron chi connectivity index (χ4n) is 1.04. The monoisotopic (exact) mass is 256 g/mol. The van der Waals surface area contributed by atoms with Crippen molar-refractivity contribution < 1.29 is 23.4 Å². The molecule has 92 valence electrons. The highest BCUT2D eigenvalue weighted by Gasteiger charge is 2.35. The second-order valence-corrected chi connectivity index (χ2v) is 4.03. The molecule has 0 aliphatic carbocycles. The Bertz CT molecular complexity index is 342. The zero-order chi connectivity index (χ0) is 12.3. The first-order chi connectivity index (χ1) is 7.36. The Balaban J connectivity index is 2.78. The van der Waals surface area contributed by atoms with Crippen molar-refractivity contribution in [3.8, 4) is 0 Å². The van der Waals surface area contributed by atoms with Gasteiger partial charge in [0.1, 0.15) is 11.1 Å². The molecule has 8 heteroatoms. The highest BCUT2D eigenvalue weighted by atomic mass is 32.1. The summed E-state index contributed by atoms with van der Waals surface area (Å²) >= 11 is 0.670. The Morgan fingerprint density at radius 1 is 1.50 bits per heavy atom.